The number of fused-ring (bicyclic) bond motifs is 1. The van der Waals surface area contributed by atoms with Crippen molar-refractivity contribution in [2.45, 2.75) is 6.54 Å². The van der Waals surface area contributed by atoms with Gasteiger partial charge in [-0.3, -0.25) is 9.59 Å². The number of amides is 1. The number of carbonyl (C=O) groups excluding carboxylic acids is 1. The topological polar surface area (TPSA) is 105 Å². The first-order valence-corrected chi connectivity index (χ1v) is 7.73. The Labute approximate surface area is 127 Å². The molecule has 0 aromatic carbocycles. The van der Waals surface area contributed by atoms with Crippen molar-refractivity contribution in [3.05, 3.63) is 38.7 Å². The van der Waals surface area contributed by atoms with Crippen LogP contribution in [0.5, 0.6) is 0 Å². The number of H-pyrrole nitrogens is 1. The number of hydrogen-bond donors (Lipinski definition) is 2. The van der Waals surface area contributed by atoms with E-state index in [0.717, 1.165) is 0 Å². The molecule has 9 heteroatoms. The zero-order chi connectivity index (χ0) is 15.0. The van der Waals surface area contributed by atoms with E-state index in [1.54, 1.807) is 18.5 Å². The zero-order valence-electron chi connectivity index (χ0n) is 11.0. The van der Waals surface area contributed by atoms with Crippen LogP contribution in [0.25, 0.3) is 10.2 Å². The third-order valence-electron chi connectivity index (χ3n) is 2.84. The first kappa shape index (κ1) is 13.7. The quantitative estimate of drug-likeness (QED) is 0.756. The number of nitrogens with one attached hydrogen (secondary N) is 1. The third-order valence-corrected chi connectivity index (χ3v) is 4.41. The van der Waals surface area contributed by atoms with Crippen LogP contribution in [0.3, 0.4) is 0 Å². The molecule has 0 radical (unpaired) electrons. The number of nitrogen functional groups attached to an aromatic ring is 1. The summed E-state index contributed by atoms with van der Waals surface area (Å²) in [5.74, 6) is 0.168. The molecule has 3 heterocycles. The van der Waals surface area contributed by atoms with Crippen molar-refractivity contribution in [1.82, 2.24) is 19.9 Å². The molecule has 0 fully saturated rings. The number of carbonyl (C=O) groups is 1. The Morgan fingerprint density at radius 3 is 2.95 bits per heavy atom. The average Bonchev–Trinajstić information content (AvgIpc) is 3.06. The highest BCUT2D eigenvalue weighted by atomic mass is 32.1. The van der Waals surface area contributed by atoms with Crippen molar-refractivity contribution >= 4 is 43.9 Å². The zero-order valence-corrected chi connectivity index (χ0v) is 12.6. The average molecular weight is 321 g/mol. The van der Waals surface area contributed by atoms with Crippen molar-refractivity contribution in [2.24, 2.45) is 0 Å². The number of anilines is 1. The molecule has 0 spiro atoms. The van der Waals surface area contributed by atoms with Crippen LogP contribution < -0.4 is 11.3 Å². The highest BCUT2D eigenvalue weighted by Crippen LogP contribution is 2.15. The lowest BCUT2D eigenvalue weighted by molar-refractivity contribution is 0.0776. The molecule has 0 aliphatic carbocycles. The summed E-state index contributed by atoms with van der Waals surface area (Å²) in [5, 5.41) is 3.76. The second-order valence-electron chi connectivity index (χ2n) is 4.38. The van der Waals surface area contributed by atoms with Gasteiger partial charge in [0.2, 0.25) is 0 Å². The Morgan fingerprint density at radius 1 is 1.43 bits per heavy atom. The van der Waals surface area contributed by atoms with E-state index in [2.05, 4.69) is 15.0 Å². The van der Waals surface area contributed by atoms with Gasteiger partial charge in [-0.05, 0) is 11.4 Å². The second kappa shape index (κ2) is 5.26. The summed E-state index contributed by atoms with van der Waals surface area (Å²) < 4.78 is 0.583. The van der Waals surface area contributed by atoms with Gasteiger partial charge in [0.15, 0.2) is 5.13 Å². The van der Waals surface area contributed by atoms with E-state index < -0.39 is 0 Å². The van der Waals surface area contributed by atoms with Gasteiger partial charge in [-0.25, -0.2) is 9.97 Å². The van der Waals surface area contributed by atoms with E-state index in [1.165, 1.54) is 27.6 Å². The number of nitrogens with zero attached hydrogens (tertiary/aromatic N) is 3. The van der Waals surface area contributed by atoms with Gasteiger partial charge in [-0.2, -0.15) is 0 Å². The third kappa shape index (κ3) is 2.65. The van der Waals surface area contributed by atoms with Gasteiger partial charge in [-0.15, -0.1) is 22.7 Å². The van der Waals surface area contributed by atoms with E-state index >= 15 is 0 Å². The molecule has 0 aliphatic heterocycles. The van der Waals surface area contributed by atoms with Crippen molar-refractivity contribution in [2.75, 3.05) is 12.8 Å². The molecule has 0 saturated carbocycles. The number of nitrogens with two attached hydrogens (primary N) is 1. The Hall–Kier alpha value is -2.26. The van der Waals surface area contributed by atoms with Gasteiger partial charge >= 0.3 is 0 Å². The number of aromatic amines is 1. The van der Waals surface area contributed by atoms with E-state index in [9.17, 15) is 9.59 Å². The molecule has 108 valence electrons. The molecule has 0 aliphatic rings. The van der Waals surface area contributed by atoms with Crippen LogP contribution in [0.2, 0.25) is 0 Å². The summed E-state index contributed by atoms with van der Waals surface area (Å²) in [4.78, 5) is 36.4. The minimum Gasteiger partial charge on any atom is -0.375 e. The summed E-state index contributed by atoms with van der Waals surface area (Å²) in [7, 11) is 1.62. The standard InChI is InChI=1S/C12H11N5O2S2/c1-17(11(19)7-5-21-12(13)15-7)4-8-14-6-2-3-20-9(6)10(18)16-8/h2-3,5H,4H2,1H3,(H2,13,15)(H,14,16,18). The van der Waals surface area contributed by atoms with E-state index in [0.29, 0.717) is 26.9 Å². The Bertz CT molecular complexity index is 866. The highest BCUT2D eigenvalue weighted by Gasteiger charge is 2.16. The summed E-state index contributed by atoms with van der Waals surface area (Å²) in [6.45, 7) is 0.192. The summed E-state index contributed by atoms with van der Waals surface area (Å²) in [6.07, 6.45) is 0. The van der Waals surface area contributed by atoms with Crippen LogP contribution in [0.4, 0.5) is 5.13 Å². The van der Waals surface area contributed by atoms with Crippen LogP contribution in [0.1, 0.15) is 16.3 Å². The molecule has 3 N–H and O–H groups in total. The minimum atomic E-state index is -0.268. The van der Waals surface area contributed by atoms with Gasteiger partial charge in [0.25, 0.3) is 11.5 Å². The number of aromatic nitrogens is 3. The SMILES string of the molecule is CN(Cc1nc2ccsc2c(=O)[nH]1)C(=O)c1csc(N)n1. The van der Waals surface area contributed by atoms with Crippen molar-refractivity contribution < 1.29 is 4.79 Å². The van der Waals surface area contributed by atoms with Crippen molar-refractivity contribution in [3.63, 3.8) is 0 Å². The molecule has 3 rings (SSSR count). The lowest BCUT2D eigenvalue weighted by Gasteiger charge is -2.14. The lowest BCUT2D eigenvalue weighted by atomic mass is 10.4. The highest BCUT2D eigenvalue weighted by molar-refractivity contribution is 7.17. The fraction of sp³-hybridized carbons (Fsp3) is 0.167. The smallest absolute Gasteiger partial charge is 0.273 e. The predicted octanol–water partition coefficient (Wildman–Crippen LogP) is 1.30. The maximum absolute atomic E-state index is 12.2. The van der Waals surface area contributed by atoms with Crippen LogP contribution in [-0.2, 0) is 6.54 Å². The van der Waals surface area contributed by atoms with Crippen LogP contribution in [0, 0.1) is 0 Å². The van der Waals surface area contributed by atoms with Crippen LogP contribution in [0.15, 0.2) is 21.6 Å². The molecular formula is C12H11N5O2S2. The fourth-order valence-corrected chi connectivity index (χ4v) is 3.14. The molecule has 21 heavy (non-hydrogen) atoms. The van der Waals surface area contributed by atoms with Gasteiger partial charge < -0.3 is 15.6 Å². The van der Waals surface area contributed by atoms with Gasteiger partial charge in [0, 0.05) is 12.4 Å². The molecule has 0 atom stereocenters. The number of thiophene rings is 1. The normalized spacial score (nSPS) is 10.9. The molecular weight excluding hydrogens is 310 g/mol. The predicted molar refractivity (Wildman–Crippen MR) is 82.6 cm³/mol. The van der Waals surface area contributed by atoms with Gasteiger partial charge in [0.1, 0.15) is 16.2 Å². The lowest BCUT2D eigenvalue weighted by Crippen LogP contribution is -2.28. The summed E-state index contributed by atoms with van der Waals surface area (Å²) in [5.41, 5.74) is 6.25. The van der Waals surface area contributed by atoms with Crippen molar-refractivity contribution in [3.8, 4) is 0 Å². The van der Waals surface area contributed by atoms with Crippen LogP contribution in [-0.4, -0.2) is 32.8 Å². The monoisotopic (exact) mass is 321 g/mol. The molecule has 7 nitrogen and oxygen atoms in total. The largest absolute Gasteiger partial charge is 0.375 e. The number of thiazole rings is 1. The molecule has 1 amide bonds. The van der Waals surface area contributed by atoms with E-state index in [4.69, 9.17) is 5.73 Å². The molecule has 0 bridgehead atoms. The summed E-state index contributed by atoms with van der Waals surface area (Å²) >= 11 is 2.55. The second-order valence-corrected chi connectivity index (χ2v) is 6.19. The van der Waals surface area contributed by atoms with Gasteiger partial charge in [-0.1, -0.05) is 0 Å². The fourth-order valence-electron chi connectivity index (χ4n) is 1.87. The van der Waals surface area contributed by atoms with Crippen molar-refractivity contribution in [1.29, 1.82) is 0 Å². The van der Waals surface area contributed by atoms with E-state index in [1.807, 2.05) is 5.38 Å². The maximum atomic E-state index is 12.2. The number of rotatable bonds is 3. The minimum absolute atomic E-state index is 0.191. The first-order valence-electron chi connectivity index (χ1n) is 5.97. The molecule has 0 saturated heterocycles. The Kier molecular flexibility index (Phi) is 3.43. The molecule has 3 aromatic heterocycles. The number of hydrogen-bond acceptors (Lipinski definition) is 7. The summed E-state index contributed by atoms with van der Waals surface area (Å²) in [6, 6.07) is 1.78. The van der Waals surface area contributed by atoms with E-state index in [-0.39, 0.29) is 18.0 Å². The molecule has 0 unspecified atom stereocenters. The Morgan fingerprint density at radius 2 is 2.24 bits per heavy atom. The first-order chi connectivity index (χ1) is 10.0. The maximum Gasteiger partial charge on any atom is 0.273 e. The Balaban J connectivity index is 1.84. The van der Waals surface area contributed by atoms with Crippen LogP contribution >= 0.6 is 22.7 Å². The van der Waals surface area contributed by atoms with Gasteiger partial charge in [0.05, 0.1) is 12.1 Å². The molecule has 3 aromatic rings.